The Morgan fingerprint density at radius 2 is 2.29 bits per heavy atom. The Labute approximate surface area is 144 Å². The first-order chi connectivity index (χ1) is 11.7. The van der Waals surface area contributed by atoms with Gasteiger partial charge in [-0.2, -0.15) is 5.10 Å². The molecular weight excluding hydrogens is 326 g/mol. The van der Waals surface area contributed by atoms with Crippen molar-refractivity contribution in [2.75, 3.05) is 13.1 Å². The Balaban J connectivity index is 1.42. The lowest BCUT2D eigenvalue weighted by molar-refractivity contribution is 0.0948. The van der Waals surface area contributed by atoms with E-state index in [4.69, 9.17) is 11.6 Å². The SMILES string of the molecule is O=C(NCCc1c[nH]c2ccc(Cl)cc12)c1n[nH]c2c1CNCC2. The highest BCUT2D eigenvalue weighted by molar-refractivity contribution is 6.31. The normalized spacial score (nSPS) is 13.9. The number of fused-ring (bicyclic) bond motifs is 2. The maximum atomic E-state index is 12.4. The van der Waals surface area contributed by atoms with E-state index in [1.807, 2.05) is 24.4 Å². The molecule has 0 bridgehead atoms. The van der Waals surface area contributed by atoms with Crippen LogP contribution in [0.25, 0.3) is 10.9 Å². The van der Waals surface area contributed by atoms with Crippen LogP contribution in [-0.2, 0) is 19.4 Å². The molecule has 24 heavy (non-hydrogen) atoms. The molecule has 1 amide bonds. The Hall–Kier alpha value is -2.31. The Morgan fingerprint density at radius 1 is 1.38 bits per heavy atom. The van der Waals surface area contributed by atoms with Gasteiger partial charge in [0.25, 0.3) is 5.91 Å². The second kappa shape index (κ2) is 6.30. The number of nitrogens with zero attached hydrogens (tertiary/aromatic N) is 1. The highest BCUT2D eigenvalue weighted by Gasteiger charge is 2.21. The number of aromatic amines is 2. The molecule has 0 atom stereocenters. The van der Waals surface area contributed by atoms with Gasteiger partial charge in [-0.05, 0) is 30.2 Å². The molecule has 4 rings (SSSR count). The van der Waals surface area contributed by atoms with Gasteiger partial charge in [-0.3, -0.25) is 9.89 Å². The third kappa shape index (κ3) is 2.79. The van der Waals surface area contributed by atoms with Crippen molar-refractivity contribution >= 4 is 28.4 Å². The van der Waals surface area contributed by atoms with Gasteiger partial charge in [0, 0.05) is 59.4 Å². The second-order valence-electron chi connectivity index (χ2n) is 5.97. The summed E-state index contributed by atoms with van der Waals surface area (Å²) in [6, 6.07) is 5.77. The molecule has 7 heteroatoms. The molecule has 1 aliphatic rings. The summed E-state index contributed by atoms with van der Waals surface area (Å²) in [7, 11) is 0. The van der Waals surface area contributed by atoms with Crippen LogP contribution >= 0.6 is 11.6 Å². The quantitative estimate of drug-likeness (QED) is 0.585. The topological polar surface area (TPSA) is 85.6 Å². The van der Waals surface area contributed by atoms with Gasteiger partial charge in [-0.25, -0.2) is 0 Å². The zero-order valence-electron chi connectivity index (χ0n) is 13.1. The van der Waals surface area contributed by atoms with Crippen LogP contribution in [0.2, 0.25) is 5.02 Å². The summed E-state index contributed by atoms with van der Waals surface area (Å²) < 4.78 is 0. The summed E-state index contributed by atoms with van der Waals surface area (Å²) >= 11 is 6.07. The average Bonchev–Trinajstić information content (AvgIpc) is 3.19. The molecule has 0 radical (unpaired) electrons. The number of rotatable bonds is 4. The van der Waals surface area contributed by atoms with Crippen molar-refractivity contribution in [2.45, 2.75) is 19.4 Å². The summed E-state index contributed by atoms with van der Waals surface area (Å²) in [5.74, 6) is -0.130. The zero-order chi connectivity index (χ0) is 16.5. The van der Waals surface area contributed by atoms with Crippen molar-refractivity contribution in [3.05, 3.63) is 51.9 Å². The van der Waals surface area contributed by atoms with Crippen LogP contribution in [0.3, 0.4) is 0 Å². The molecule has 6 nitrogen and oxygen atoms in total. The van der Waals surface area contributed by atoms with E-state index in [0.29, 0.717) is 23.8 Å². The zero-order valence-corrected chi connectivity index (χ0v) is 13.8. The maximum absolute atomic E-state index is 12.4. The molecule has 0 aliphatic carbocycles. The number of benzene rings is 1. The van der Waals surface area contributed by atoms with Crippen LogP contribution in [0.4, 0.5) is 0 Å². The van der Waals surface area contributed by atoms with E-state index in [9.17, 15) is 4.79 Å². The number of hydrogen-bond donors (Lipinski definition) is 4. The van der Waals surface area contributed by atoms with Gasteiger partial charge in [-0.1, -0.05) is 11.6 Å². The van der Waals surface area contributed by atoms with Crippen molar-refractivity contribution in [1.82, 2.24) is 25.8 Å². The number of nitrogens with one attached hydrogen (secondary N) is 4. The van der Waals surface area contributed by atoms with Gasteiger partial charge >= 0.3 is 0 Å². The fourth-order valence-electron chi connectivity index (χ4n) is 3.16. The minimum atomic E-state index is -0.130. The van der Waals surface area contributed by atoms with Crippen LogP contribution in [0.5, 0.6) is 0 Å². The Bertz CT molecular complexity index is 898. The molecule has 3 aromatic rings. The van der Waals surface area contributed by atoms with Crippen molar-refractivity contribution in [2.24, 2.45) is 0 Å². The molecule has 0 saturated carbocycles. The van der Waals surface area contributed by atoms with Crippen molar-refractivity contribution < 1.29 is 4.79 Å². The molecule has 0 spiro atoms. The summed E-state index contributed by atoms with van der Waals surface area (Å²) in [6.45, 7) is 2.16. The molecule has 0 fully saturated rings. The molecule has 124 valence electrons. The Kier molecular flexibility index (Phi) is 4.00. The largest absolute Gasteiger partial charge is 0.361 e. The number of hydrogen-bond acceptors (Lipinski definition) is 3. The van der Waals surface area contributed by atoms with Gasteiger partial charge < -0.3 is 15.6 Å². The monoisotopic (exact) mass is 343 g/mol. The van der Waals surface area contributed by atoms with Gasteiger partial charge in [-0.15, -0.1) is 0 Å². The van der Waals surface area contributed by atoms with Crippen LogP contribution in [0.15, 0.2) is 24.4 Å². The van der Waals surface area contributed by atoms with E-state index in [1.54, 1.807) is 0 Å². The average molecular weight is 344 g/mol. The minimum Gasteiger partial charge on any atom is -0.361 e. The van der Waals surface area contributed by atoms with E-state index < -0.39 is 0 Å². The van der Waals surface area contributed by atoms with Gasteiger partial charge in [0.05, 0.1) is 0 Å². The predicted octanol–water partition coefficient (Wildman–Crippen LogP) is 2.16. The van der Waals surface area contributed by atoms with Crippen LogP contribution in [0.1, 0.15) is 27.3 Å². The first-order valence-corrected chi connectivity index (χ1v) is 8.40. The highest BCUT2D eigenvalue weighted by atomic mass is 35.5. The lowest BCUT2D eigenvalue weighted by Crippen LogP contribution is -2.29. The van der Waals surface area contributed by atoms with E-state index >= 15 is 0 Å². The van der Waals surface area contributed by atoms with Crippen LogP contribution < -0.4 is 10.6 Å². The van der Waals surface area contributed by atoms with Crippen molar-refractivity contribution in [1.29, 1.82) is 0 Å². The van der Waals surface area contributed by atoms with E-state index in [2.05, 4.69) is 25.8 Å². The molecule has 0 saturated heterocycles. The smallest absolute Gasteiger partial charge is 0.272 e. The lowest BCUT2D eigenvalue weighted by Gasteiger charge is -2.12. The number of aromatic nitrogens is 3. The molecule has 1 aromatic carbocycles. The molecule has 1 aliphatic heterocycles. The van der Waals surface area contributed by atoms with Crippen molar-refractivity contribution in [3.8, 4) is 0 Å². The minimum absolute atomic E-state index is 0.130. The summed E-state index contributed by atoms with van der Waals surface area (Å²) in [5, 5.41) is 15.2. The van der Waals surface area contributed by atoms with Gasteiger partial charge in [0.2, 0.25) is 0 Å². The standard InChI is InChI=1S/C17H18ClN5O/c18-11-1-2-14-12(7-11)10(8-21-14)3-6-20-17(24)16-13-9-19-5-4-15(13)22-23-16/h1-2,7-8,19,21H,3-6,9H2,(H,20,24)(H,22,23). The van der Waals surface area contributed by atoms with E-state index in [1.165, 1.54) is 0 Å². The summed E-state index contributed by atoms with van der Waals surface area (Å²) in [5.41, 5.74) is 4.73. The molecule has 3 heterocycles. The van der Waals surface area contributed by atoms with E-state index in [0.717, 1.165) is 47.1 Å². The number of amides is 1. The lowest BCUT2D eigenvalue weighted by atomic mass is 10.1. The Morgan fingerprint density at radius 3 is 3.21 bits per heavy atom. The number of carbonyl (C=O) groups excluding carboxylic acids is 1. The van der Waals surface area contributed by atoms with Crippen molar-refractivity contribution in [3.63, 3.8) is 0 Å². The first-order valence-electron chi connectivity index (χ1n) is 8.03. The molecule has 2 aromatic heterocycles. The number of halogens is 1. The summed E-state index contributed by atoms with van der Waals surface area (Å²) in [6.07, 6.45) is 3.58. The van der Waals surface area contributed by atoms with E-state index in [-0.39, 0.29) is 5.91 Å². The fourth-order valence-corrected chi connectivity index (χ4v) is 3.34. The molecular formula is C17H18ClN5O. The first kappa shape index (κ1) is 15.2. The highest BCUT2D eigenvalue weighted by Crippen LogP contribution is 2.22. The van der Waals surface area contributed by atoms with Gasteiger partial charge in [0.15, 0.2) is 5.69 Å². The summed E-state index contributed by atoms with van der Waals surface area (Å²) in [4.78, 5) is 15.6. The maximum Gasteiger partial charge on any atom is 0.272 e. The third-order valence-corrected chi connectivity index (χ3v) is 4.67. The molecule has 0 unspecified atom stereocenters. The second-order valence-corrected chi connectivity index (χ2v) is 6.40. The third-order valence-electron chi connectivity index (χ3n) is 4.43. The van der Waals surface area contributed by atoms with Crippen LogP contribution in [0, 0.1) is 0 Å². The fraction of sp³-hybridized carbons (Fsp3) is 0.294. The predicted molar refractivity (Wildman–Crippen MR) is 93.3 cm³/mol. The number of H-pyrrole nitrogens is 2. The molecule has 4 N–H and O–H groups in total. The van der Waals surface area contributed by atoms with Gasteiger partial charge in [0.1, 0.15) is 0 Å². The van der Waals surface area contributed by atoms with Crippen LogP contribution in [-0.4, -0.2) is 34.2 Å². The number of carbonyl (C=O) groups is 1.